The van der Waals surface area contributed by atoms with E-state index >= 15 is 0 Å². The highest BCUT2D eigenvalue weighted by atomic mass is 16.4. The summed E-state index contributed by atoms with van der Waals surface area (Å²) in [5, 5.41) is 17.9. The van der Waals surface area contributed by atoms with Crippen LogP contribution in [0, 0.1) is 5.92 Å². The van der Waals surface area contributed by atoms with Gasteiger partial charge in [0, 0.05) is 19.3 Å². The molecule has 0 amide bonds. The minimum atomic E-state index is -0.858. The number of aliphatic carboxylic acids is 2. The molecule has 2 N–H and O–H groups in total. The molecule has 0 aromatic heterocycles. The molecule has 0 saturated carbocycles. The molecule has 1 saturated heterocycles. The number of likely N-dealkylation sites (N-methyl/N-ethyl adjacent to an activating group) is 1. The minimum absolute atomic E-state index is 0.0343. The third-order valence-corrected chi connectivity index (χ3v) is 4.07. The summed E-state index contributed by atoms with van der Waals surface area (Å²) in [5.41, 5.74) is 1.99. The van der Waals surface area contributed by atoms with Crippen LogP contribution in [0.1, 0.15) is 18.4 Å². The number of anilines is 1. The highest BCUT2D eigenvalue weighted by Gasteiger charge is 2.24. The Morgan fingerprint density at radius 1 is 1.27 bits per heavy atom. The van der Waals surface area contributed by atoms with Gasteiger partial charge in [-0.05, 0) is 43.6 Å². The van der Waals surface area contributed by atoms with Gasteiger partial charge in [0.2, 0.25) is 0 Å². The molecule has 1 aliphatic rings. The van der Waals surface area contributed by atoms with Crippen LogP contribution in [0.25, 0.3) is 0 Å². The lowest BCUT2D eigenvalue weighted by Gasteiger charge is -2.30. The number of piperidine rings is 1. The molecule has 6 nitrogen and oxygen atoms in total. The smallest absolute Gasteiger partial charge is 0.323 e. The topological polar surface area (TPSA) is 81.1 Å². The van der Waals surface area contributed by atoms with Crippen molar-refractivity contribution in [1.29, 1.82) is 0 Å². The quantitative estimate of drug-likeness (QED) is 0.829. The van der Waals surface area contributed by atoms with Gasteiger partial charge in [0.15, 0.2) is 0 Å². The zero-order chi connectivity index (χ0) is 16.1. The molecule has 120 valence electrons. The molecule has 6 heteroatoms. The van der Waals surface area contributed by atoms with Crippen LogP contribution in [-0.4, -0.2) is 53.7 Å². The van der Waals surface area contributed by atoms with E-state index in [2.05, 4.69) is 4.90 Å². The van der Waals surface area contributed by atoms with Crippen molar-refractivity contribution in [1.82, 2.24) is 4.90 Å². The van der Waals surface area contributed by atoms with E-state index in [0.717, 1.165) is 30.9 Å². The molecule has 0 unspecified atom stereocenters. The second kappa shape index (κ2) is 7.26. The number of carbonyl (C=O) groups is 2. The highest BCUT2D eigenvalue weighted by molar-refractivity contribution is 5.73. The van der Waals surface area contributed by atoms with Gasteiger partial charge in [0.25, 0.3) is 0 Å². The summed E-state index contributed by atoms with van der Waals surface area (Å²) >= 11 is 0. The molecule has 1 aromatic carbocycles. The molecular formula is C16H22N2O4. The van der Waals surface area contributed by atoms with Crippen LogP contribution in [0.15, 0.2) is 24.3 Å². The lowest BCUT2D eigenvalue weighted by molar-refractivity contribution is -0.143. The molecular weight excluding hydrogens is 284 g/mol. The predicted octanol–water partition coefficient (Wildman–Crippen LogP) is 1.50. The lowest BCUT2D eigenvalue weighted by atomic mass is 9.97. The molecule has 1 aromatic rings. The first-order valence-corrected chi connectivity index (χ1v) is 7.42. The monoisotopic (exact) mass is 306 g/mol. The predicted molar refractivity (Wildman–Crippen MR) is 83.0 cm³/mol. The Hall–Kier alpha value is -2.08. The van der Waals surface area contributed by atoms with Crippen molar-refractivity contribution in [3.63, 3.8) is 0 Å². The van der Waals surface area contributed by atoms with Gasteiger partial charge in [-0.1, -0.05) is 12.1 Å². The Kier molecular flexibility index (Phi) is 5.38. The largest absolute Gasteiger partial charge is 0.481 e. The Balaban J connectivity index is 1.93. The molecule has 2 rings (SSSR count). The molecule has 0 atom stereocenters. The first kappa shape index (κ1) is 16.3. The Morgan fingerprint density at radius 2 is 1.95 bits per heavy atom. The van der Waals surface area contributed by atoms with E-state index in [1.54, 1.807) is 11.9 Å². The van der Waals surface area contributed by atoms with Crippen molar-refractivity contribution >= 4 is 17.6 Å². The van der Waals surface area contributed by atoms with Crippen molar-refractivity contribution < 1.29 is 19.8 Å². The number of nitrogens with zero attached hydrogens (tertiary/aromatic N) is 2. The Morgan fingerprint density at radius 3 is 2.55 bits per heavy atom. The summed E-state index contributed by atoms with van der Waals surface area (Å²) in [7, 11) is 1.76. The number of carboxylic acids is 2. The fraction of sp³-hybridized carbons (Fsp3) is 0.500. The molecule has 22 heavy (non-hydrogen) atoms. The number of rotatable bonds is 6. The summed E-state index contributed by atoms with van der Waals surface area (Å²) in [6.45, 7) is 2.30. The van der Waals surface area contributed by atoms with Crippen molar-refractivity contribution in [2.24, 2.45) is 5.92 Å². The molecule has 1 fully saturated rings. The van der Waals surface area contributed by atoms with E-state index in [0.29, 0.717) is 12.8 Å². The third-order valence-electron chi connectivity index (χ3n) is 4.07. The summed E-state index contributed by atoms with van der Waals surface area (Å²) in [5.74, 6) is -1.77. The Bertz CT molecular complexity index is 539. The normalized spacial score (nSPS) is 16.4. The van der Waals surface area contributed by atoms with Crippen LogP contribution in [0.2, 0.25) is 0 Å². The second-order valence-electron chi connectivity index (χ2n) is 5.81. The highest BCUT2D eigenvalue weighted by Crippen LogP contribution is 2.21. The standard InChI is InChI=1S/C16H22N2O4/c1-17(11-15(19)20)14-4-2-3-12(9-14)10-18-7-5-13(6-8-18)16(21)22/h2-4,9,13H,5-8,10-11H2,1H3,(H,19,20)(H,21,22). The van der Waals surface area contributed by atoms with E-state index in [1.165, 1.54) is 0 Å². The molecule has 1 aliphatic heterocycles. The van der Waals surface area contributed by atoms with E-state index in [4.69, 9.17) is 10.2 Å². The third kappa shape index (κ3) is 4.46. The van der Waals surface area contributed by atoms with E-state index in [-0.39, 0.29) is 12.5 Å². The van der Waals surface area contributed by atoms with Crippen molar-refractivity contribution in [2.75, 3.05) is 31.6 Å². The maximum atomic E-state index is 11.0. The van der Waals surface area contributed by atoms with Gasteiger partial charge in [-0.3, -0.25) is 14.5 Å². The van der Waals surface area contributed by atoms with Crippen molar-refractivity contribution in [2.45, 2.75) is 19.4 Å². The van der Waals surface area contributed by atoms with Crippen LogP contribution in [0.4, 0.5) is 5.69 Å². The molecule has 0 bridgehead atoms. The van der Waals surface area contributed by atoms with Crippen LogP contribution in [0.3, 0.4) is 0 Å². The molecule has 0 spiro atoms. The Labute approximate surface area is 130 Å². The minimum Gasteiger partial charge on any atom is -0.481 e. The van der Waals surface area contributed by atoms with Gasteiger partial charge >= 0.3 is 11.9 Å². The number of likely N-dealkylation sites (tertiary alicyclic amines) is 1. The van der Waals surface area contributed by atoms with Gasteiger partial charge in [-0.25, -0.2) is 0 Å². The number of hydrogen-bond donors (Lipinski definition) is 2. The SMILES string of the molecule is CN(CC(=O)O)c1cccc(CN2CCC(C(=O)O)CC2)c1. The van der Waals surface area contributed by atoms with Gasteiger partial charge in [-0.2, -0.15) is 0 Å². The zero-order valence-electron chi connectivity index (χ0n) is 12.7. The summed E-state index contributed by atoms with van der Waals surface area (Å²) in [6, 6.07) is 7.82. The van der Waals surface area contributed by atoms with Gasteiger partial charge in [0.1, 0.15) is 6.54 Å². The summed E-state index contributed by atoms with van der Waals surface area (Å²) in [4.78, 5) is 25.7. The molecule has 1 heterocycles. The average molecular weight is 306 g/mol. The first-order valence-electron chi connectivity index (χ1n) is 7.42. The zero-order valence-corrected chi connectivity index (χ0v) is 12.7. The fourth-order valence-corrected chi connectivity index (χ4v) is 2.78. The first-order chi connectivity index (χ1) is 10.5. The van der Waals surface area contributed by atoms with Crippen molar-refractivity contribution in [3.8, 4) is 0 Å². The van der Waals surface area contributed by atoms with Gasteiger partial charge in [-0.15, -0.1) is 0 Å². The van der Waals surface area contributed by atoms with Crippen LogP contribution in [0.5, 0.6) is 0 Å². The number of hydrogen-bond acceptors (Lipinski definition) is 4. The second-order valence-corrected chi connectivity index (χ2v) is 5.81. The van der Waals surface area contributed by atoms with Crippen LogP contribution >= 0.6 is 0 Å². The lowest BCUT2D eigenvalue weighted by Crippen LogP contribution is -2.35. The van der Waals surface area contributed by atoms with Crippen LogP contribution in [-0.2, 0) is 16.1 Å². The van der Waals surface area contributed by atoms with Gasteiger partial charge in [0.05, 0.1) is 5.92 Å². The van der Waals surface area contributed by atoms with Gasteiger partial charge < -0.3 is 15.1 Å². The number of benzene rings is 1. The maximum Gasteiger partial charge on any atom is 0.323 e. The average Bonchev–Trinajstić information content (AvgIpc) is 2.47. The van der Waals surface area contributed by atoms with E-state index < -0.39 is 11.9 Å². The summed E-state index contributed by atoms with van der Waals surface area (Å²) in [6.07, 6.45) is 1.38. The fourth-order valence-electron chi connectivity index (χ4n) is 2.78. The molecule has 0 aliphatic carbocycles. The van der Waals surface area contributed by atoms with Crippen molar-refractivity contribution in [3.05, 3.63) is 29.8 Å². The van der Waals surface area contributed by atoms with E-state index in [9.17, 15) is 9.59 Å². The maximum absolute atomic E-state index is 11.0. The van der Waals surface area contributed by atoms with Crippen LogP contribution < -0.4 is 4.90 Å². The number of carboxylic acid groups (broad SMARTS) is 2. The van der Waals surface area contributed by atoms with E-state index in [1.807, 2.05) is 24.3 Å². The molecule has 0 radical (unpaired) electrons. The summed E-state index contributed by atoms with van der Waals surface area (Å²) < 4.78 is 0.